The summed E-state index contributed by atoms with van der Waals surface area (Å²) in [6.45, 7) is 18.9. The minimum atomic E-state index is -0.0881. The van der Waals surface area contributed by atoms with E-state index in [0.29, 0.717) is 0 Å². The van der Waals surface area contributed by atoms with Crippen LogP contribution in [-0.4, -0.2) is 24.4 Å². The summed E-state index contributed by atoms with van der Waals surface area (Å²) in [5.74, 6) is -0.0881. The Bertz CT molecular complexity index is 150. The molecule has 0 saturated heterocycles. The van der Waals surface area contributed by atoms with Crippen molar-refractivity contribution in [3.63, 3.8) is 0 Å². The molecule has 0 aliphatic rings. The normalized spacial score (nSPS) is 5.82. The number of nitrogens with zero attached hydrogens (tertiary/aromatic N) is 2. The SMILES string of the molecule is C=C[N-]CC(=O)N(C)C=C.CC.CC.CC.[Rb+]. The smallest absolute Gasteiger partial charge is 0.684 e. The Morgan fingerprint density at radius 1 is 1.12 bits per heavy atom. The molecule has 4 heteroatoms. The van der Waals surface area contributed by atoms with Crippen molar-refractivity contribution < 1.29 is 63.0 Å². The van der Waals surface area contributed by atoms with E-state index in [1.54, 1.807) is 7.05 Å². The largest absolute Gasteiger partial charge is 1.00 e. The molecule has 1 amide bonds. The Kier molecular flexibility index (Phi) is 64.6. The topological polar surface area (TPSA) is 34.4 Å². The average molecular weight is 315 g/mol. The number of rotatable bonds is 4. The molecule has 17 heavy (non-hydrogen) atoms. The summed E-state index contributed by atoms with van der Waals surface area (Å²) in [5.41, 5.74) is 0. The number of hydrogen-bond donors (Lipinski definition) is 0. The first-order valence-corrected chi connectivity index (χ1v) is 5.88. The molecule has 0 bridgehead atoms. The molecule has 0 aromatic carbocycles. The van der Waals surface area contributed by atoms with Crippen molar-refractivity contribution in [2.45, 2.75) is 41.5 Å². The second kappa shape index (κ2) is 36.0. The molecule has 0 aliphatic heterocycles. The average Bonchev–Trinajstić information content (AvgIpc) is 2.41. The maximum Gasteiger partial charge on any atom is 1.00 e. The zero-order chi connectivity index (χ0) is 14.0. The standard InChI is InChI=1S/C7H11N2O.3C2H6.Rb/c1-4-8-6-7(10)9(3)5-2;3*1-2;/h4-5H,1-2,6H2,3H3;3*1-2H3;/q-1;;;;+1. The van der Waals surface area contributed by atoms with Gasteiger partial charge in [0.1, 0.15) is 0 Å². The van der Waals surface area contributed by atoms with Gasteiger partial charge in [-0.15, -0.1) is 6.58 Å². The molecule has 0 radical (unpaired) electrons. The second-order valence-electron chi connectivity index (χ2n) is 1.71. The quantitative estimate of drug-likeness (QED) is 0.767. The van der Waals surface area contributed by atoms with E-state index in [4.69, 9.17) is 0 Å². The molecule has 0 saturated carbocycles. The Morgan fingerprint density at radius 2 is 1.47 bits per heavy atom. The van der Waals surface area contributed by atoms with Crippen LogP contribution in [-0.2, 0) is 4.79 Å². The van der Waals surface area contributed by atoms with Crippen LogP contribution < -0.4 is 58.2 Å². The van der Waals surface area contributed by atoms with Crippen LogP contribution in [0.5, 0.6) is 0 Å². The molecule has 0 atom stereocenters. The van der Waals surface area contributed by atoms with Gasteiger partial charge < -0.3 is 10.2 Å². The molecule has 0 aromatic heterocycles. The molecule has 0 heterocycles. The fourth-order valence-corrected chi connectivity index (χ4v) is 0.356. The van der Waals surface area contributed by atoms with E-state index >= 15 is 0 Å². The van der Waals surface area contributed by atoms with Crippen LogP contribution in [0.4, 0.5) is 0 Å². The van der Waals surface area contributed by atoms with Crippen molar-refractivity contribution >= 4 is 5.91 Å². The van der Waals surface area contributed by atoms with Crippen molar-refractivity contribution in [3.8, 4) is 0 Å². The third-order valence-electron chi connectivity index (χ3n) is 1.02. The molecule has 0 fully saturated rings. The first kappa shape index (κ1) is 30.5. The molecular formula is C13H29N2ORb. The van der Waals surface area contributed by atoms with Gasteiger partial charge in [0, 0.05) is 7.05 Å². The third-order valence-corrected chi connectivity index (χ3v) is 1.02. The van der Waals surface area contributed by atoms with Gasteiger partial charge in [-0.25, -0.2) is 0 Å². The zero-order valence-corrected chi connectivity index (χ0v) is 18.0. The number of hydrogen-bond acceptors (Lipinski definition) is 1. The van der Waals surface area contributed by atoms with E-state index < -0.39 is 0 Å². The minimum Gasteiger partial charge on any atom is -0.684 e. The van der Waals surface area contributed by atoms with E-state index in [1.165, 1.54) is 17.3 Å². The molecular weight excluding hydrogens is 286 g/mol. The van der Waals surface area contributed by atoms with Crippen molar-refractivity contribution in [2.75, 3.05) is 13.6 Å². The molecule has 98 valence electrons. The maximum atomic E-state index is 10.8. The fraction of sp³-hybridized carbons (Fsp3) is 0.615. The van der Waals surface area contributed by atoms with Gasteiger partial charge in [0.15, 0.2) is 0 Å². The zero-order valence-electron chi connectivity index (χ0n) is 13.1. The fourth-order valence-electron chi connectivity index (χ4n) is 0.356. The van der Waals surface area contributed by atoms with Crippen molar-refractivity contribution in [1.29, 1.82) is 0 Å². The maximum absolute atomic E-state index is 10.8. The van der Waals surface area contributed by atoms with Gasteiger partial charge in [-0.1, -0.05) is 48.1 Å². The summed E-state index contributed by atoms with van der Waals surface area (Å²) in [6.07, 6.45) is 2.80. The van der Waals surface area contributed by atoms with Gasteiger partial charge in [-0.2, -0.15) is 6.20 Å². The Hall–Kier alpha value is 0.555. The summed E-state index contributed by atoms with van der Waals surface area (Å²) in [6, 6.07) is 0. The molecule has 0 aliphatic carbocycles. The summed E-state index contributed by atoms with van der Waals surface area (Å²) < 4.78 is 0. The molecule has 0 N–H and O–H groups in total. The summed E-state index contributed by atoms with van der Waals surface area (Å²) in [4.78, 5) is 12.2. The monoisotopic (exact) mass is 314 g/mol. The van der Waals surface area contributed by atoms with E-state index in [-0.39, 0.29) is 70.6 Å². The number of amides is 1. The van der Waals surface area contributed by atoms with Gasteiger partial charge in [0.25, 0.3) is 0 Å². The number of likely N-dealkylation sites (N-methyl/N-ethyl adjacent to an activating group) is 1. The van der Waals surface area contributed by atoms with Gasteiger partial charge in [-0.3, -0.25) is 4.79 Å². The second-order valence-corrected chi connectivity index (χ2v) is 1.71. The van der Waals surface area contributed by atoms with Gasteiger partial charge in [0.2, 0.25) is 5.91 Å². The van der Waals surface area contributed by atoms with Crippen LogP contribution in [0.1, 0.15) is 41.5 Å². The third kappa shape index (κ3) is 31.5. The number of carbonyl (C=O) groups excluding carboxylic acids is 1. The van der Waals surface area contributed by atoms with Crippen molar-refractivity contribution in [1.82, 2.24) is 4.90 Å². The van der Waals surface area contributed by atoms with Crippen LogP contribution in [0.15, 0.2) is 25.6 Å². The minimum absolute atomic E-state index is 0. The first-order valence-electron chi connectivity index (χ1n) is 5.88. The van der Waals surface area contributed by atoms with Gasteiger partial charge in [0.05, 0.1) is 0 Å². The van der Waals surface area contributed by atoms with Crippen LogP contribution >= 0.6 is 0 Å². The Balaban J connectivity index is -0.0000000594. The van der Waals surface area contributed by atoms with Crippen LogP contribution in [0, 0.1) is 0 Å². The van der Waals surface area contributed by atoms with E-state index in [1.807, 2.05) is 41.5 Å². The molecule has 0 spiro atoms. The molecule has 3 nitrogen and oxygen atoms in total. The first-order chi connectivity index (χ1) is 7.72. The van der Waals surface area contributed by atoms with E-state index in [0.717, 1.165) is 0 Å². The van der Waals surface area contributed by atoms with Gasteiger partial charge in [-0.05, 0) is 12.7 Å². The summed E-state index contributed by atoms with van der Waals surface area (Å²) in [5, 5.41) is 3.67. The van der Waals surface area contributed by atoms with E-state index in [2.05, 4.69) is 18.5 Å². The molecule has 0 unspecified atom stereocenters. The summed E-state index contributed by atoms with van der Waals surface area (Å²) in [7, 11) is 1.63. The van der Waals surface area contributed by atoms with Crippen LogP contribution in [0.25, 0.3) is 5.32 Å². The predicted octanol–water partition coefficient (Wildman–Crippen LogP) is 1.19. The predicted molar refractivity (Wildman–Crippen MR) is 75.4 cm³/mol. The van der Waals surface area contributed by atoms with Crippen molar-refractivity contribution in [2.24, 2.45) is 0 Å². The van der Waals surface area contributed by atoms with Crippen molar-refractivity contribution in [3.05, 3.63) is 30.9 Å². The van der Waals surface area contributed by atoms with Crippen LogP contribution in [0.2, 0.25) is 0 Å². The number of carbonyl (C=O) groups is 1. The summed E-state index contributed by atoms with van der Waals surface area (Å²) >= 11 is 0. The van der Waals surface area contributed by atoms with Crippen LogP contribution in [0.3, 0.4) is 0 Å². The Labute approximate surface area is 158 Å². The molecule has 0 aromatic rings. The molecule has 0 rings (SSSR count). The Morgan fingerprint density at radius 3 is 1.71 bits per heavy atom. The van der Waals surface area contributed by atoms with E-state index in [9.17, 15) is 4.79 Å². The van der Waals surface area contributed by atoms with Gasteiger partial charge >= 0.3 is 58.2 Å².